The Labute approximate surface area is 140 Å². The number of benzene rings is 2. The molecule has 0 radical (unpaired) electrons. The number of hydrogen-bond donors (Lipinski definition) is 1. The third kappa shape index (κ3) is 4.03. The van der Waals surface area contributed by atoms with Gasteiger partial charge in [0, 0.05) is 10.2 Å². The first-order chi connectivity index (χ1) is 10.7. The quantitative estimate of drug-likeness (QED) is 0.652. The average molecular weight is 380 g/mol. The molecule has 1 heterocycles. The molecular formula is C16H14BrNO3S. The first-order valence-corrected chi connectivity index (χ1v) is 8.53. The Bertz CT molecular complexity index is 729. The number of nitrogens with zero attached hydrogens (tertiary/aromatic N) is 1. The van der Waals surface area contributed by atoms with Crippen LogP contribution >= 0.6 is 27.7 Å². The highest BCUT2D eigenvalue weighted by Gasteiger charge is 2.11. The first-order valence-electron chi connectivity index (χ1n) is 6.75. The maximum Gasteiger partial charge on any atom is 0.256 e. The van der Waals surface area contributed by atoms with Gasteiger partial charge in [0.25, 0.3) is 5.22 Å². The van der Waals surface area contributed by atoms with Crippen LogP contribution in [0.3, 0.4) is 0 Å². The van der Waals surface area contributed by atoms with Gasteiger partial charge in [-0.15, -0.1) is 0 Å². The summed E-state index contributed by atoms with van der Waals surface area (Å²) in [6.45, 7) is 0.226. The molecule has 0 fully saturated rings. The third-order valence-corrected chi connectivity index (χ3v) is 4.38. The Balaban J connectivity index is 1.50. The van der Waals surface area contributed by atoms with E-state index in [0.29, 0.717) is 11.0 Å². The van der Waals surface area contributed by atoms with Gasteiger partial charge in [-0.1, -0.05) is 45.9 Å². The second kappa shape index (κ2) is 7.17. The lowest BCUT2D eigenvalue weighted by Gasteiger charge is -2.11. The zero-order chi connectivity index (χ0) is 15.4. The maximum atomic E-state index is 9.99. The van der Waals surface area contributed by atoms with Gasteiger partial charge in [0.2, 0.25) is 0 Å². The van der Waals surface area contributed by atoms with Crippen LogP contribution in [-0.4, -0.2) is 28.6 Å². The number of aliphatic hydroxyl groups excluding tert-OH is 1. The maximum absolute atomic E-state index is 9.99. The van der Waals surface area contributed by atoms with E-state index in [1.165, 1.54) is 11.8 Å². The molecule has 1 atom stereocenters. The second-order valence-corrected chi connectivity index (χ2v) is 6.57. The zero-order valence-corrected chi connectivity index (χ0v) is 14.0. The van der Waals surface area contributed by atoms with E-state index < -0.39 is 6.10 Å². The summed E-state index contributed by atoms with van der Waals surface area (Å²) in [5.74, 6) is 1.18. The molecule has 0 bridgehead atoms. The number of hydrogen-bond acceptors (Lipinski definition) is 5. The van der Waals surface area contributed by atoms with Crippen molar-refractivity contribution in [2.24, 2.45) is 0 Å². The van der Waals surface area contributed by atoms with Gasteiger partial charge >= 0.3 is 0 Å². The summed E-state index contributed by atoms with van der Waals surface area (Å²) >= 11 is 4.76. The number of rotatable bonds is 6. The normalized spacial score (nSPS) is 12.5. The number of para-hydroxylation sites is 2. The van der Waals surface area contributed by atoms with Gasteiger partial charge in [0.15, 0.2) is 5.58 Å². The largest absolute Gasteiger partial charge is 0.491 e. The number of aromatic nitrogens is 1. The lowest BCUT2D eigenvalue weighted by molar-refractivity contribution is 0.126. The molecule has 22 heavy (non-hydrogen) atoms. The minimum Gasteiger partial charge on any atom is -0.491 e. The molecule has 0 aliphatic heterocycles. The number of thioether (sulfide) groups is 1. The van der Waals surface area contributed by atoms with E-state index in [9.17, 15) is 5.11 Å². The van der Waals surface area contributed by atoms with Crippen LogP contribution < -0.4 is 4.74 Å². The van der Waals surface area contributed by atoms with E-state index in [2.05, 4.69) is 20.9 Å². The van der Waals surface area contributed by atoms with Crippen LogP contribution in [0, 0.1) is 0 Å². The summed E-state index contributed by atoms with van der Waals surface area (Å²) in [4.78, 5) is 4.35. The lowest BCUT2D eigenvalue weighted by atomic mass is 10.3. The Morgan fingerprint density at radius 1 is 1.23 bits per heavy atom. The number of fused-ring (bicyclic) bond motifs is 1. The van der Waals surface area contributed by atoms with Crippen molar-refractivity contribution < 1.29 is 14.3 Å². The highest BCUT2D eigenvalue weighted by atomic mass is 79.9. The van der Waals surface area contributed by atoms with E-state index in [-0.39, 0.29) is 6.61 Å². The summed E-state index contributed by atoms with van der Waals surface area (Å²) in [5, 5.41) is 10.5. The van der Waals surface area contributed by atoms with Crippen molar-refractivity contribution in [3.63, 3.8) is 0 Å². The summed E-state index contributed by atoms with van der Waals surface area (Å²) in [6, 6.07) is 15.1. The van der Waals surface area contributed by atoms with Crippen molar-refractivity contribution in [2.75, 3.05) is 12.4 Å². The molecule has 0 amide bonds. The molecule has 3 aromatic rings. The standard InChI is InChI=1S/C16H14BrNO3S/c17-11-4-3-5-13(8-11)20-9-12(19)10-22-16-18-14-6-1-2-7-15(14)21-16/h1-8,12,19H,9-10H2/t12-/m0/s1. The monoisotopic (exact) mass is 379 g/mol. The second-order valence-electron chi connectivity index (χ2n) is 4.68. The van der Waals surface area contributed by atoms with Crippen LogP contribution in [0.5, 0.6) is 5.75 Å². The van der Waals surface area contributed by atoms with Gasteiger partial charge < -0.3 is 14.3 Å². The molecule has 2 aromatic carbocycles. The van der Waals surface area contributed by atoms with Crippen molar-refractivity contribution in [2.45, 2.75) is 11.3 Å². The minimum absolute atomic E-state index is 0.226. The van der Waals surface area contributed by atoms with E-state index in [4.69, 9.17) is 9.15 Å². The van der Waals surface area contributed by atoms with Gasteiger partial charge in [-0.3, -0.25) is 0 Å². The zero-order valence-electron chi connectivity index (χ0n) is 11.6. The molecule has 0 unspecified atom stereocenters. The fraction of sp³-hybridized carbons (Fsp3) is 0.188. The summed E-state index contributed by atoms with van der Waals surface area (Å²) in [5.41, 5.74) is 1.58. The van der Waals surface area contributed by atoms with Gasteiger partial charge in [0.1, 0.15) is 17.9 Å². The van der Waals surface area contributed by atoms with Crippen molar-refractivity contribution in [1.29, 1.82) is 0 Å². The number of aliphatic hydroxyl groups is 1. The van der Waals surface area contributed by atoms with Gasteiger partial charge in [-0.2, -0.15) is 0 Å². The van der Waals surface area contributed by atoms with Crippen LogP contribution in [0.15, 0.2) is 62.6 Å². The van der Waals surface area contributed by atoms with Gasteiger partial charge in [-0.25, -0.2) is 4.98 Å². The van der Waals surface area contributed by atoms with E-state index >= 15 is 0 Å². The van der Waals surface area contributed by atoms with Crippen molar-refractivity contribution >= 4 is 38.8 Å². The Kier molecular flexibility index (Phi) is 5.02. The highest BCUT2D eigenvalue weighted by molar-refractivity contribution is 9.10. The van der Waals surface area contributed by atoms with Crippen LogP contribution in [-0.2, 0) is 0 Å². The van der Waals surface area contributed by atoms with E-state index in [1.54, 1.807) is 0 Å². The number of halogens is 1. The summed E-state index contributed by atoms with van der Waals surface area (Å²) in [7, 11) is 0. The Hall–Kier alpha value is -1.50. The molecule has 4 nitrogen and oxygen atoms in total. The first kappa shape index (κ1) is 15.4. The van der Waals surface area contributed by atoms with Crippen LogP contribution in [0.4, 0.5) is 0 Å². The predicted octanol–water partition coefficient (Wildman–Crippen LogP) is 4.12. The molecule has 0 spiro atoms. The molecule has 3 rings (SSSR count). The number of ether oxygens (including phenoxy) is 1. The van der Waals surface area contributed by atoms with E-state index in [1.807, 2.05) is 48.5 Å². The lowest BCUT2D eigenvalue weighted by Crippen LogP contribution is -2.20. The van der Waals surface area contributed by atoms with Crippen LogP contribution in [0.2, 0.25) is 0 Å². The van der Waals surface area contributed by atoms with E-state index in [0.717, 1.165) is 21.3 Å². The van der Waals surface area contributed by atoms with Crippen LogP contribution in [0.1, 0.15) is 0 Å². The molecule has 6 heteroatoms. The molecule has 1 N–H and O–H groups in total. The smallest absolute Gasteiger partial charge is 0.256 e. The Morgan fingerprint density at radius 3 is 2.91 bits per heavy atom. The number of oxazole rings is 1. The molecule has 114 valence electrons. The van der Waals surface area contributed by atoms with Crippen molar-refractivity contribution in [3.05, 3.63) is 53.0 Å². The highest BCUT2D eigenvalue weighted by Crippen LogP contribution is 2.24. The fourth-order valence-electron chi connectivity index (χ4n) is 1.88. The topological polar surface area (TPSA) is 55.5 Å². The molecule has 1 aromatic heterocycles. The molecular weight excluding hydrogens is 366 g/mol. The SMILES string of the molecule is O[C@@H](COc1cccc(Br)c1)CSc1nc2ccccc2o1. The average Bonchev–Trinajstić information content (AvgIpc) is 2.94. The predicted molar refractivity (Wildman–Crippen MR) is 90.4 cm³/mol. The molecule has 0 aliphatic carbocycles. The molecule has 0 saturated carbocycles. The van der Waals surface area contributed by atoms with Gasteiger partial charge in [0.05, 0.1) is 6.10 Å². The summed E-state index contributed by atoms with van der Waals surface area (Å²) < 4.78 is 12.1. The Morgan fingerprint density at radius 2 is 2.09 bits per heavy atom. The fourth-order valence-corrected chi connectivity index (χ4v) is 3.00. The molecule has 0 saturated heterocycles. The minimum atomic E-state index is -0.598. The third-order valence-electron chi connectivity index (χ3n) is 2.91. The van der Waals surface area contributed by atoms with Crippen molar-refractivity contribution in [1.82, 2.24) is 4.98 Å². The van der Waals surface area contributed by atoms with Crippen LogP contribution in [0.25, 0.3) is 11.1 Å². The van der Waals surface area contributed by atoms with Gasteiger partial charge in [-0.05, 0) is 30.3 Å². The van der Waals surface area contributed by atoms with Crippen molar-refractivity contribution in [3.8, 4) is 5.75 Å². The molecule has 0 aliphatic rings. The summed E-state index contributed by atoms with van der Waals surface area (Å²) in [6.07, 6.45) is -0.598.